The Kier molecular flexibility index (Phi) is 5.67. The molecule has 0 aliphatic carbocycles. The number of hydrogen-bond acceptors (Lipinski definition) is 9. The van der Waals surface area contributed by atoms with Crippen molar-refractivity contribution in [2.45, 2.75) is 36.8 Å². The minimum absolute atomic E-state index is 0.974. The molecule has 0 amide bonds. The van der Waals surface area contributed by atoms with Gasteiger partial charge in [-0.25, -0.2) is 9.59 Å². The van der Waals surface area contributed by atoms with Crippen LogP contribution in [0.2, 0.25) is 0 Å². The summed E-state index contributed by atoms with van der Waals surface area (Å²) in [5.74, 6) is -8.55. The molecule has 6 unspecified atom stereocenters. The summed E-state index contributed by atoms with van der Waals surface area (Å²) in [4.78, 5) is 47.2. The van der Waals surface area contributed by atoms with Crippen LogP contribution in [-0.2, 0) is 42.9 Å². The predicted octanol–water partition coefficient (Wildman–Crippen LogP) is 0.604. The van der Waals surface area contributed by atoms with E-state index in [0.717, 1.165) is 0 Å². The van der Waals surface area contributed by atoms with Gasteiger partial charge in [0.1, 0.15) is 29.6 Å². The van der Waals surface area contributed by atoms with Crippen molar-refractivity contribution < 1.29 is 69.2 Å². The summed E-state index contributed by atoms with van der Waals surface area (Å²) >= 11 is 0. The Morgan fingerprint density at radius 3 is 2.23 bits per heavy atom. The minimum atomic E-state index is -5.09. The van der Waals surface area contributed by atoms with Crippen LogP contribution in [0, 0.1) is 11.8 Å². The third-order valence-corrected chi connectivity index (χ3v) is 4.73. The third-order valence-electron chi connectivity index (χ3n) is 4.73. The topological polar surface area (TPSA) is 114 Å². The Hall–Kier alpha value is -2.84. The number of fused-ring (bicyclic) bond motifs is 1. The molecule has 0 aromatic heterocycles. The van der Waals surface area contributed by atoms with E-state index < -0.39 is 91.3 Å². The highest BCUT2D eigenvalue weighted by Crippen LogP contribution is 2.51. The molecule has 0 radical (unpaired) electrons. The Morgan fingerprint density at radius 1 is 1.00 bits per heavy atom. The zero-order valence-corrected chi connectivity index (χ0v) is 15.0. The predicted molar refractivity (Wildman–Crippen MR) is 78.6 cm³/mol. The molecule has 0 saturated carbocycles. The number of esters is 4. The van der Waals surface area contributed by atoms with E-state index >= 15 is 0 Å². The molecular formula is C16H12F6O9. The van der Waals surface area contributed by atoms with Crippen molar-refractivity contribution in [3.05, 3.63) is 12.2 Å². The molecule has 31 heavy (non-hydrogen) atoms. The van der Waals surface area contributed by atoms with E-state index in [9.17, 15) is 45.5 Å². The molecule has 6 atom stereocenters. The van der Waals surface area contributed by atoms with Gasteiger partial charge >= 0.3 is 36.2 Å². The molecule has 9 nitrogen and oxygen atoms in total. The van der Waals surface area contributed by atoms with E-state index in [1.807, 2.05) is 0 Å². The average Bonchev–Trinajstić information content (AvgIpc) is 3.25. The number of alkyl halides is 6. The van der Waals surface area contributed by atoms with Gasteiger partial charge in [-0.2, -0.15) is 26.3 Å². The lowest BCUT2D eigenvalue weighted by molar-refractivity contribution is -0.192. The Labute approximate surface area is 168 Å². The Morgan fingerprint density at radius 2 is 1.65 bits per heavy atom. The van der Waals surface area contributed by atoms with Crippen LogP contribution in [0.5, 0.6) is 0 Å². The zero-order chi connectivity index (χ0) is 23.3. The van der Waals surface area contributed by atoms with Crippen molar-refractivity contribution in [1.29, 1.82) is 0 Å². The number of hydrogen-bond donors (Lipinski definition) is 0. The molecule has 0 spiro atoms. The van der Waals surface area contributed by atoms with Gasteiger partial charge in [0.25, 0.3) is 0 Å². The van der Waals surface area contributed by atoms with Gasteiger partial charge in [-0.1, -0.05) is 6.58 Å². The summed E-state index contributed by atoms with van der Waals surface area (Å²) < 4.78 is 97.4. The fraction of sp³-hybridized carbons (Fsp3) is 0.625. The molecule has 15 heteroatoms. The first kappa shape index (κ1) is 22.8. The molecule has 3 aliphatic heterocycles. The molecule has 172 valence electrons. The summed E-state index contributed by atoms with van der Waals surface area (Å²) in [5.41, 5.74) is -1.87. The van der Waals surface area contributed by atoms with E-state index in [4.69, 9.17) is 14.2 Å². The first-order valence-electron chi connectivity index (χ1n) is 8.43. The van der Waals surface area contributed by atoms with E-state index in [0.29, 0.717) is 0 Å². The minimum Gasteiger partial charge on any atom is -0.456 e. The van der Waals surface area contributed by atoms with Gasteiger partial charge in [0.2, 0.25) is 0 Å². The number of rotatable bonds is 6. The first-order chi connectivity index (χ1) is 14.2. The van der Waals surface area contributed by atoms with Crippen LogP contribution in [-0.4, -0.2) is 73.9 Å². The fourth-order valence-corrected chi connectivity index (χ4v) is 3.50. The van der Waals surface area contributed by atoms with Gasteiger partial charge in [0, 0.05) is 0 Å². The van der Waals surface area contributed by atoms with Gasteiger partial charge in [-0.15, -0.1) is 0 Å². The molecule has 2 bridgehead atoms. The highest BCUT2D eigenvalue weighted by molar-refractivity contribution is 5.90. The summed E-state index contributed by atoms with van der Waals surface area (Å²) in [6, 6.07) is 0. The summed E-state index contributed by atoms with van der Waals surface area (Å²) in [6.45, 7) is -0.724. The number of halogens is 6. The maximum absolute atomic E-state index is 12.4. The Bertz CT molecular complexity index is 819. The van der Waals surface area contributed by atoms with Crippen LogP contribution in [0.3, 0.4) is 0 Å². The maximum atomic E-state index is 12.4. The molecule has 0 N–H and O–H groups in total. The van der Waals surface area contributed by atoms with Crippen molar-refractivity contribution in [1.82, 2.24) is 0 Å². The van der Waals surface area contributed by atoms with Crippen molar-refractivity contribution in [2.24, 2.45) is 11.8 Å². The summed E-state index contributed by atoms with van der Waals surface area (Å²) in [5, 5.41) is 0. The van der Waals surface area contributed by atoms with E-state index in [-0.39, 0.29) is 0 Å². The van der Waals surface area contributed by atoms with Gasteiger partial charge < -0.3 is 23.7 Å². The normalized spacial score (nSPS) is 31.2. The molecule has 3 rings (SSSR count). The van der Waals surface area contributed by atoms with Crippen molar-refractivity contribution in [2.75, 3.05) is 13.2 Å². The lowest BCUT2D eigenvalue weighted by Crippen LogP contribution is -2.48. The maximum Gasteiger partial charge on any atom is 0.422 e. The number of carbonyl (C=O) groups is 4. The van der Waals surface area contributed by atoms with Crippen LogP contribution >= 0.6 is 0 Å². The first-order valence-corrected chi connectivity index (χ1v) is 8.43. The number of ether oxygens (including phenoxy) is 5. The SMILES string of the molecule is C=C(C(=O)OCC(=O)OC1C2OC(=O)C3C2OC1C3C(=O)OCC(F)(F)F)C(F)(F)F. The van der Waals surface area contributed by atoms with E-state index in [1.165, 1.54) is 0 Å². The molecule has 0 aromatic carbocycles. The van der Waals surface area contributed by atoms with Gasteiger partial charge in [-0.3, -0.25) is 9.59 Å². The van der Waals surface area contributed by atoms with Gasteiger partial charge in [-0.05, 0) is 0 Å². The van der Waals surface area contributed by atoms with Crippen LogP contribution in [0.15, 0.2) is 12.2 Å². The number of carbonyl (C=O) groups excluding carboxylic acids is 4. The van der Waals surface area contributed by atoms with E-state index in [1.54, 1.807) is 0 Å². The van der Waals surface area contributed by atoms with Crippen LogP contribution in [0.1, 0.15) is 0 Å². The molecule has 3 fully saturated rings. The van der Waals surface area contributed by atoms with Gasteiger partial charge in [0.05, 0.1) is 0 Å². The molecule has 3 heterocycles. The second kappa shape index (κ2) is 7.69. The van der Waals surface area contributed by atoms with Gasteiger partial charge in [0.15, 0.2) is 25.4 Å². The summed E-state index contributed by atoms with van der Waals surface area (Å²) in [7, 11) is 0. The second-order valence-corrected chi connectivity index (χ2v) is 6.75. The monoisotopic (exact) mass is 462 g/mol. The molecule has 0 aromatic rings. The Balaban J connectivity index is 1.63. The summed E-state index contributed by atoms with van der Waals surface area (Å²) in [6.07, 6.45) is -15.1. The molecule has 3 saturated heterocycles. The third kappa shape index (κ3) is 4.45. The van der Waals surface area contributed by atoms with Crippen molar-refractivity contribution in [3.8, 4) is 0 Å². The van der Waals surface area contributed by atoms with Crippen molar-refractivity contribution in [3.63, 3.8) is 0 Å². The smallest absolute Gasteiger partial charge is 0.422 e. The standard InChI is InChI=1S/C16H12F6O9/c1-4(16(20,21)22)12(24)27-2-5(23)29-10-8-6(13(25)28-3-15(17,18)19)7-9(30-8)11(10)31-14(7)26/h6-11H,1-3H2. The second-order valence-electron chi connectivity index (χ2n) is 6.75. The highest BCUT2D eigenvalue weighted by Gasteiger charge is 2.72. The van der Waals surface area contributed by atoms with Crippen LogP contribution < -0.4 is 0 Å². The largest absolute Gasteiger partial charge is 0.456 e. The van der Waals surface area contributed by atoms with E-state index in [2.05, 4.69) is 16.1 Å². The quantitative estimate of drug-likeness (QED) is 0.242. The molecule has 3 aliphatic rings. The lowest BCUT2D eigenvalue weighted by Gasteiger charge is -2.27. The highest BCUT2D eigenvalue weighted by atomic mass is 19.4. The fourth-order valence-electron chi connectivity index (χ4n) is 3.50. The lowest BCUT2D eigenvalue weighted by atomic mass is 9.78. The molecular weight excluding hydrogens is 450 g/mol. The van der Waals surface area contributed by atoms with Crippen molar-refractivity contribution >= 4 is 23.9 Å². The zero-order valence-electron chi connectivity index (χ0n) is 15.0. The van der Waals surface area contributed by atoms with Crippen LogP contribution in [0.25, 0.3) is 0 Å². The van der Waals surface area contributed by atoms with Crippen LogP contribution in [0.4, 0.5) is 26.3 Å². The average molecular weight is 462 g/mol.